The number of ether oxygens (including phenoxy) is 2. The molecule has 0 amide bonds. The number of carboxylic acid groups (broad SMARTS) is 1. The van der Waals surface area contributed by atoms with Crippen molar-refractivity contribution in [2.45, 2.75) is 44.4 Å². The second-order valence-electron chi connectivity index (χ2n) is 9.79. The van der Waals surface area contributed by atoms with E-state index in [0.717, 1.165) is 17.2 Å². The first kappa shape index (κ1) is 25.0. The molecule has 6 rings (SSSR count). The summed E-state index contributed by atoms with van der Waals surface area (Å²) in [6, 6.07) is 14.7. The van der Waals surface area contributed by atoms with Crippen molar-refractivity contribution in [3.8, 4) is 28.3 Å². The van der Waals surface area contributed by atoms with Crippen LogP contribution in [0.3, 0.4) is 0 Å². The summed E-state index contributed by atoms with van der Waals surface area (Å²) in [7, 11) is 0. The Kier molecular flexibility index (Phi) is 6.05. The molecule has 1 aromatic heterocycles. The summed E-state index contributed by atoms with van der Waals surface area (Å²) >= 11 is 0. The highest BCUT2D eigenvalue weighted by molar-refractivity contribution is 5.75. The molecule has 0 unspecified atom stereocenters. The zero-order valence-corrected chi connectivity index (χ0v) is 20.9. The van der Waals surface area contributed by atoms with Crippen molar-refractivity contribution in [3.63, 3.8) is 0 Å². The van der Waals surface area contributed by atoms with Crippen molar-refractivity contribution in [3.05, 3.63) is 89.0 Å². The third-order valence-electron chi connectivity index (χ3n) is 7.25. The fraction of sp³-hybridized carbons (Fsp3) is 0.276. The average molecular weight is 536 g/mol. The third kappa shape index (κ3) is 4.71. The fourth-order valence-corrected chi connectivity index (χ4v) is 5.48. The van der Waals surface area contributed by atoms with E-state index in [1.165, 1.54) is 6.07 Å². The molecule has 0 saturated heterocycles. The normalized spacial score (nSPS) is 17.9. The van der Waals surface area contributed by atoms with Crippen LogP contribution in [0.2, 0.25) is 0 Å². The lowest BCUT2D eigenvalue weighted by Gasteiger charge is -2.20. The summed E-state index contributed by atoms with van der Waals surface area (Å²) < 4.78 is 55.9. The lowest BCUT2D eigenvalue weighted by Crippen LogP contribution is -2.10. The second-order valence-corrected chi connectivity index (χ2v) is 9.79. The number of aliphatic carboxylic acids is 1. The van der Waals surface area contributed by atoms with Gasteiger partial charge in [-0.3, -0.25) is 4.79 Å². The van der Waals surface area contributed by atoms with Crippen LogP contribution in [0.4, 0.5) is 13.2 Å². The molecular formula is C29H24F3N3O4. The van der Waals surface area contributed by atoms with Gasteiger partial charge in [-0.25, -0.2) is 9.67 Å². The summed E-state index contributed by atoms with van der Waals surface area (Å²) in [6.45, 7) is 2.05. The number of hydrogen-bond acceptors (Lipinski definition) is 5. The third-order valence-corrected chi connectivity index (χ3v) is 7.25. The van der Waals surface area contributed by atoms with Crippen LogP contribution in [-0.2, 0) is 17.4 Å². The molecule has 1 N–H and O–H groups in total. The molecule has 0 spiro atoms. The number of benzene rings is 3. The molecule has 2 atom stereocenters. The Morgan fingerprint density at radius 1 is 1.13 bits per heavy atom. The SMILES string of the molecule is Cc1ncn(-c2ccc(-c3c(C(F)(F)F)ccc4c3CC[C@H]4Oc3ccc4c(c3)OC[C@H]4CC(=O)O)cc2)n1. The minimum atomic E-state index is -4.52. The van der Waals surface area contributed by atoms with E-state index in [-0.39, 0.29) is 24.5 Å². The largest absolute Gasteiger partial charge is 0.492 e. The van der Waals surface area contributed by atoms with Gasteiger partial charge < -0.3 is 14.6 Å². The fourth-order valence-electron chi connectivity index (χ4n) is 5.48. The number of fused-ring (bicyclic) bond motifs is 2. The van der Waals surface area contributed by atoms with Gasteiger partial charge in [-0.2, -0.15) is 18.3 Å². The van der Waals surface area contributed by atoms with Gasteiger partial charge in [0, 0.05) is 17.5 Å². The summed E-state index contributed by atoms with van der Waals surface area (Å²) in [5, 5.41) is 13.4. The Bertz CT molecular complexity index is 1560. The molecule has 200 valence electrons. The van der Waals surface area contributed by atoms with E-state index in [4.69, 9.17) is 14.6 Å². The molecule has 10 heteroatoms. The maximum absolute atomic E-state index is 14.1. The van der Waals surface area contributed by atoms with E-state index < -0.39 is 23.8 Å². The van der Waals surface area contributed by atoms with Crippen LogP contribution in [-0.4, -0.2) is 32.4 Å². The van der Waals surface area contributed by atoms with E-state index in [2.05, 4.69) is 10.1 Å². The minimum Gasteiger partial charge on any atom is -0.492 e. The van der Waals surface area contributed by atoms with Crippen LogP contribution in [0.1, 0.15) is 52.9 Å². The van der Waals surface area contributed by atoms with E-state index >= 15 is 0 Å². The summed E-state index contributed by atoms with van der Waals surface area (Å²) in [5.74, 6) is 0.586. The number of rotatable bonds is 6. The van der Waals surface area contributed by atoms with Crippen LogP contribution in [0.15, 0.2) is 60.9 Å². The van der Waals surface area contributed by atoms with Gasteiger partial charge in [0.1, 0.15) is 29.8 Å². The van der Waals surface area contributed by atoms with Gasteiger partial charge in [-0.15, -0.1) is 0 Å². The molecular weight excluding hydrogens is 511 g/mol. The molecule has 39 heavy (non-hydrogen) atoms. The highest BCUT2D eigenvalue weighted by Gasteiger charge is 2.38. The average Bonchev–Trinajstić information content (AvgIpc) is 3.62. The first-order chi connectivity index (χ1) is 18.7. The summed E-state index contributed by atoms with van der Waals surface area (Å²) in [5.41, 5.74) is 2.82. The van der Waals surface area contributed by atoms with Gasteiger partial charge >= 0.3 is 12.1 Å². The number of alkyl halides is 3. The van der Waals surface area contributed by atoms with Gasteiger partial charge in [0.15, 0.2) is 0 Å². The molecule has 2 heterocycles. The van der Waals surface area contributed by atoms with Gasteiger partial charge in [0.05, 0.1) is 24.3 Å². The topological polar surface area (TPSA) is 86.5 Å². The van der Waals surface area contributed by atoms with Crippen LogP contribution in [0, 0.1) is 6.92 Å². The van der Waals surface area contributed by atoms with Gasteiger partial charge in [-0.1, -0.05) is 24.3 Å². The Hall–Kier alpha value is -4.34. The Balaban J connectivity index is 1.32. The number of nitrogens with zero attached hydrogens (tertiary/aromatic N) is 3. The lowest BCUT2D eigenvalue weighted by molar-refractivity contribution is -0.138. The van der Waals surface area contributed by atoms with Crippen molar-refractivity contribution >= 4 is 5.97 Å². The molecule has 1 aliphatic carbocycles. The molecule has 4 aromatic rings. The maximum atomic E-state index is 14.1. The quantitative estimate of drug-likeness (QED) is 0.313. The summed E-state index contributed by atoms with van der Waals surface area (Å²) in [6.07, 6.45) is -2.44. The van der Waals surface area contributed by atoms with Gasteiger partial charge in [0.2, 0.25) is 0 Å². The van der Waals surface area contributed by atoms with Crippen molar-refractivity contribution in [2.75, 3.05) is 6.61 Å². The zero-order chi connectivity index (χ0) is 27.3. The first-order valence-corrected chi connectivity index (χ1v) is 12.5. The predicted octanol–water partition coefficient (Wildman–Crippen LogP) is 6.28. The molecule has 0 fully saturated rings. The molecule has 7 nitrogen and oxygen atoms in total. The number of carboxylic acids is 1. The van der Waals surface area contributed by atoms with Crippen LogP contribution in [0.5, 0.6) is 11.5 Å². The number of aryl methyl sites for hydroxylation is 1. The first-order valence-electron chi connectivity index (χ1n) is 12.5. The Morgan fingerprint density at radius 3 is 2.59 bits per heavy atom. The van der Waals surface area contributed by atoms with E-state index in [1.54, 1.807) is 60.4 Å². The minimum absolute atomic E-state index is 0.0209. The van der Waals surface area contributed by atoms with Crippen molar-refractivity contribution in [2.24, 2.45) is 0 Å². The number of halogens is 3. The standard InChI is InChI=1S/C29H24F3N3O4/c1-16-33-15-35(34-16)19-4-2-17(3-5-19)28-23-9-11-25(22(23)8-10-24(28)29(30,31)32)39-20-6-7-21-18(12-27(36)37)14-38-26(21)13-20/h2-8,10,13,15,18,25H,9,11-12,14H2,1H3,(H,36,37)/t18-,25-/m1/s1. The zero-order valence-electron chi connectivity index (χ0n) is 20.9. The molecule has 0 radical (unpaired) electrons. The lowest BCUT2D eigenvalue weighted by atomic mass is 9.91. The van der Waals surface area contributed by atoms with Gasteiger partial charge in [0.25, 0.3) is 0 Å². The van der Waals surface area contributed by atoms with Crippen molar-refractivity contribution < 1.29 is 32.5 Å². The molecule has 1 aliphatic heterocycles. The monoisotopic (exact) mass is 535 g/mol. The van der Waals surface area contributed by atoms with E-state index in [9.17, 15) is 18.0 Å². The van der Waals surface area contributed by atoms with Crippen LogP contribution < -0.4 is 9.47 Å². The predicted molar refractivity (Wildman–Crippen MR) is 135 cm³/mol. The van der Waals surface area contributed by atoms with E-state index in [0.29, 0.717) is 47.0 Å². The molecule has 2 aliphatic rings. The smallest absolute Gasteiger partial charge is 0.417 e. The van der Waals surface area contributed by atoms with Gasteiger partial charge in [-0.05, 0) is 66.3 Å². The number of carbonyl (C=O) groups is 1. The highest BCUT2D eigenvalue weighted by atomic mass is 19.4. The molecule has 3 aromatic carbocycles. The summed E-state index contributed by atoms with van der Waals surface area (Å²) in [4.78, 5) is 15.2. The second kappa shape index (κ2) is 9.44. The Labute approximate surface area is 221 Å². The molecule has 0 saturated carbocycles. The highest BCUT2D eigenvalue weighted by Crippen LogP contribution is 2.47. The van der Waals surface area contributed by atoms with Crippen molar-refractivity contribution in [1.29, 1.82) is 0 Å². The van der Waals surface area contributed by atoms with Crippen molar-refractivity contribution in [1.82, 2.24) is 14.8 Å². The van der Waals surface area contributed by atoms with Crippen LogP contribution >= 0.6 is 0 Å². The maximum Gasteiger partial charge on any atom is 0.417 e. The van der Waals surface area contributed by atoms with E-state index in [1.807, 2.05) is 0 Å². The Morgan fingerprint density at radius 2 is 1.90 bits per heavy atom. The molecule has 0 bridgehead atoms. The number of hydrogen-bond donors (Lipinski definition) is 1. The van der Waals surface area contributed by atoms with Crippen LogP contribution in [0.25, 0.3) is 16.8 Å². The number of aromatic nitrogens is 3.